The summed E-state index contributed by atoms with van der Waals surface area (Å²) in [6.45, 7) is 0. The zero-order valence-electron chi connectivity index (χ0n) is 14.0. The van der Waals surface area contributed by atoms with E-state index in [0.717, 1.165) is 9.64 Å². The second-order valence-electron chi connectivity index (χ2n) is 5.49. The van der Waals surface area contributed by atoms with E-state index in [4.69, 9.17) is 4.42 Å². The van der Waals surface area contributed by atoms with Gasteiger partial charge in [-0.15, -0.1) is 0 Å². The number of carbonyl (C=O) groups is 1. The van der Waals surface area contributed by atoms with Gasteiger partial charge in [0.1, 0.15) is 4.92 Å². The number of rotatable bonds is 6. The molecule has 3 aromatic rings. The monoisotopic (exact) mass is 513 g/mol. The van der Waals surface area contributed by atoms with E-state index in [9.17, 15) is 23.3 Å². The summed E-state index contributed by atoms with van der Waals surface area (Å²) in [6, 6.07) is 14.6. The van der Waals surface area contributed by atoms with Crippen LogP contribution >= 0.6 is 22.6 Å². The maximum absolute atomic E-state index is 12.4. The Morgan fingerprint density at radius 3 is 2.14 bits per heavy atom. The number of hydrogen-bond acceptors (Lipinski definition) is 6. The first kappa shape index (κ1) is 19.8. The first-order chi connectivity index (χ1) is 13.2. The van der Waals surface area contributed by atoms with Crippen LogP contribution in [0, 0.1) is 13.7 Å². The molecule has 3 rings (SSSR count). The van der Waals surface area contributed by atoms with Crippen LogP contribution in [0.1, 0.15) is 10.6 Å². The van der Waals surface area contributed by atoms with Crippen LogP contribution in [0.5, 0.6) is 0 Å². The van der Waals surface area contributed by atoms with Gasteiger partial charge in [0, 0.05) is 14.9 Å². The molecule has 0 unspecified atom stereocenters. The molecule has 2 N–H and O–H groups in total. The number of sulfonamides is 1. The fourth-order valence-electron chi connectivity index (χ4n) is 2.19. The fourth-order valence-corrected chi connectivity index (χ4v) is 3.61. The predicted octanol–water partition coefficient (Wildman–Crippen LogP) is 3.85. The first-order valence-electron chi connectivity index (χ1n) is 7.69. The smallest absolute Gasteiger partial charge is 0.395 e. The number of nitrogens with one attached hydrogen (secondary N) is 2. The quantitative estimate of drug-likeness (QED) is 0.293. The van der Waals surface area contributed by atoms with E-state index in [0.29, 0.717) is 11.4 Å². The molecule has 0 atom stereocenters. The van der Waals surface area contributed by atoms with Gasteiger partial charge in [-0.05, 0) is 77.2 Å². The molecule has 0 saturated carbocycles. The van der Waals surface area contributed by atoms with Gasteiger partial charge in [-0.1, -0.05) is 0 Å². The molecule has 0 spiro atoms. The van der Waals surface area contributed by atoms with Crippen molar-refractivity contribution in [3.63, 3.8) is 0 Å². The van der Waals surface area contributed by atoms with Crippen LogP contribution in [0.15, 0.2) is 70.0 Å². The van der Waals surface area contributed by atoms with E-state index in [-0.39, 0.29) is 10.7 Å². The molecule has 2 aromatic carbocycles. The molecular formula is C17H12IN3O6S. The van der Waals surface area contributed by atoms with Crippen molar-refractivity contribution in [1.29, 1.82) is 0 Å². The van der Waals surface area contributed by atoms with Gasteiger partial charge in [0.05, 0.1) is 11.0 Å². The van der Waals surface area contributed by atoms with Gasteiger partial charge >= 0.3 is 5.88 Å². The Labute approximate surface area is 173 Å². The van der Waals surface area contributed by atoms with E-state index < -0.39 is 26.7 Å². The lowest BCUT2D eigenvalue weighted by molar-refractivity contribution is -0.402. The SMILES string of the molecule is O=C(Nc1ccc(S(=O)(=O)Nc2ccc(I)cc2)cc1)c1ccc([N+](=O)[O-])o1. The molecule has 144 valence electrons. The van der Waals surface area contributed by atoms with Crippen molar-refractivity contribution in [3.05, 3.63) is 80.1 Å². The molecule has 11 heteroatoms. The molecule has 0 aliphatic rings. The van der Waals surface area contributed by atoms with E-state index >= 15 is 0 Å². The Morgan fingerprint density at radius 2 is 1.57 bits per heavy atom. The number of amides is 1. The summed E-state index contributed by atoms with van der Waals surface area (Å²) in [6.07, 6.45) is 0. The van der Waals surface area contributed by atoms with E-state index in [1.807, 2.05) is 0 Å². The Kier molecular flexibility index (Phi) is 5.65. The Balaban J connectivity index is 1.70. The summed E-state index contributed by atoms with van der Waals surface area (Å²) in [5.41, 5.74) is 0.731. The molecule has 0 saturated heterocycles. The number of furan rings is 1. The predicted molar refractivity (Wildman–Crippen MR) is 110 cm³/mol. The van der Waals surface area contributed by atoms with Gasteiger partial charge in [-0.3, -0.25) is 19.6 Å². The van der Waals surface area contributed by atoms with Crippen molar-refractivity contribution in [2.24, 2.45) is 0 Å². The van der Waals surface area contributed by atoms with Crippen LogP contribution in [0.2, 0.25) is 0 Å². The largest absolute Gasteiger partial charge is 0.433 e. The number of anilines is 2. The summed E-state index contributed by atoms with van der Waals surface area (Å²) >= 11 is 2.12. The normalized spacial score (nSPS) is 11.0. The maximum atomic E-state index is 12.4. The minimum atomic E-state index is -3.79. The minimum absolute atomic E-state index is 0.0117. The molecule has 0 aliphatic heterocycles. The summed E-state index contributed by atoms with van der Waals surface area (Å²) < 4.78 is 33.1. The second-order valence-corrected chi connectivity index (χ2v) is 8.41. The highest BCUT2D eigenvalue weighted by Crippen LogP contribution is 2.21. The van der Waals surface area contributed by atoms with Crippen LogP contribution in [-0.2, 0) is 10.0 Å². The van der Waals surface area contributed by atoms with Crippen LogP contribution in [0.4, 0.5) is 17.3 Å². The maximum Gasteiger partial charge on any atom is 0.433 e. The van der Waals surface area contributed by atoms with E-state index in [1.165, 1.54) is 30.3 Å². The number of halogens is 1. The van der Waals surface area contributed by atoms with Gasteiger partial charge in [-0.25, -0.2) is 8.42 Å². The molecule has 1 heterocycles. The number of nitrogens with zero attached hydrogens (tertiary/aromatic N) is 1. The van der Waals surface area contributed by atoms with Crippen LogP contribution < -0.4 is 10.0 Å². The van der Waals surface area contributed by atoms with Crippen molar-refractivity contribution in [2.75, 3.05) is 10.0 Å². The number of nitro groups is 1. The lowest BCUT2D eigenvalue weighted by Gasteiger charge is -2.09. The standard InChI is InChI=1S/C17H12IN3O6S/c18-11-1-3-13(4-2-11)20-28(25,26)14-7-5-12(6-8-14)19-17(22)15-9-10-16(27-15)21(23)24/h1-10,20H,(H,19,22). The highest BCUT2D eigenvalue weighted by atomic mass is 127. The van der Waals surface area contributed by atoms with Gasteiger partial charge in [0.15, 0.2) is 5.76 Å². The Hall–Kier alpha value is -2.93. The molecule has 0 aliphatic carbocycles. The molecular weight excluding hydrogens is 501 g/mol. The molecule has 9 nitrogen and oxygen atoms in total. The second kappa shape index (κ2) is 7.98. The lowest BCUT2D eigenvalue weighted by atomic mass is 10.3. The average molecular weight is 513 g/mol. The summed E-state index contributed by atoms with van der Waals surface area (Å²) in [5, 5.41) is 13.1. The molecule has 1 amide bonds. The van der Waals surface area contributed by atoms with Gasteiger partial charge in [0.2, 0.25) is 0 Å². The van der Waals surface area contributed by atoms with Gasteiger partial charge in [-0.2, -0.15) is 0 Å². The van der Waals surface area contributed by atoms with E-state index in [1.54, 1.807) is 24.3 Å². The fraction of sp³-hybridized carbons (Fsp3) is 0. The van der Waals surface area contributed by atoms with E-state index in [2.05, 4.69) is 32.6 Å². The third-order valence-electron chi connectivity index (χ3n) is 3.51. The summed E-state index contributed by atoms with van der Waals surface area (Å²) in [5.74, 6) is -1.47. The molecule has 0 bridgehead atoms. The minimum Gasteiger partial charge on any atom is -0.395 e. The number of benzene rings is 2. The first-order valence-corrected chi connectivity index (χ1v) is 10.2. The topological polar surface area (TPSA) is 132 Å². The van der Waals surface area contributed by atoms with Gasteiger partial charge in [0.25, 0.3) is 15.9 Å². The molecule has 28 heavy (non-hydrogen) atoms. The van der Waals surface area contributed by atoms with Crippen molar-refractivity contribution < 1.29 is 22.6 Å². The zero-order valence-corrected chi connectivity index (χ0v) is 16.9. The average Bonchev–Trinajstić information content (AvgIpc) is 3.15. The van der Waals surface area contributed by atoms with Crippen molar-refractivity contribution in [2.45, 2.75) is 4.90 Å². The van der Waals surface area contributed by atoms with Crippen molar-refractivity contribution in [3.8, 4) is 0 Å². The Bertz CT molecular complexity index is 1120. The van der Waals surface area contributed by atoms with Crippen molar-refractivity contribution >= 4 is 55.8 Å². The Morgan fingerprint density at radius 1 is 0.964 bits per heavy atom. The molecule has 0 radical (unpaired) electrons. The zero-order chi connectivity index (χ0) is 20.3. The molecule has 0 fully saturated rings. The molecule has 1 aromatic heterocycles. The number of hydrogen-bond donors (Lipinski definition) is 2. The third kappa shape index (κ3) is 4.67. The summed E-state index contributed by atoms with van der Waals surface area (Å²) in [7, 11) is -3.79. The van der Waals surface area contributed by atoms with Crippen molar-refractivity contribution in [1.82, 2.24) is 0 Å². The lowest BCUT2D eigenvalue weighted by Crippen LogP contribution is -2.14. The number of carbonyl (C=O) groups excluding carboxylic acids is 1. The third-order valence-corrected chi connectivity index (χ3v) is 5.63. The highest BCUT2D eigenvalue weighted by Gasteiger charge is 2.18. The van der Waals surface area contributed by atoms with Gasteiger partial charge < -0.3 is 9.73 Å². The van der Waals surface area contributed by atoms with Crippen LogP contribution in [0.3, 0.4) is 0 Å². The summed E-state index contributed by atoms with van der Waals surface area (Å²) in [4.78, 5) is 21.9. The van der Waals surface area contributed by atoms with Crippen LogP contribution in [-0.4, -0.2) is 19.2 Å². The van der Waals surface area contributed by atoms with Crippen LogP contribution in [0.25, 0.3) is 0 Å². The highest BCUT2D eigenvalue weighted by molar-refractivity contribution is 14.1.